The summed E-state index contributed by atoms with van der Waals surface area (Å²) in [4.78, 5) is 6.96. The average Bonchev–Trinajstić information content (AvgIpc) is 2.38. The summed E-state index contributed by atoms with van der Waals surface area (Å²) in [6.07, 6.45) is 3.47. The minimum Gasteiger partial charge on any atom is -0.347 e. The maximum Gasteiger partial charge on any atom is 0.124 e. The Morgan fingerprint density at radius 1 is 1.90 bits per heavy atom. The Balaban J connectivity index is 2.50. The maximum atomic E-state index is 5.69. The molecule has 1 rings (SSSR count). The molecule has 0 fully saturated rings. The van der Waals surface area contributed by atoms with Gasteiger partial charge in [0.2, 0.25) is 0 Å². The summed E-state index contributed by atoms with van der Waals surface area (Å²) >= 11 is 0. The van der Waals surface area contributed by atoms with E-state index in [0.29, 0.717) is 0 Å². The van der Waals surface area contributed by atoms with Gasteiger partial charge in [-0.2, -0.15) is 0 Å². The highest BCUT2D eigenvalue weighted by molar-refractivity contribution is 4.94. The standard InChI is InChI=1S/C6H12N4/c1-8-4-5(7)6-9-2-3-10-6/h2-3,5,8H,4,7H2,1H3,(H,9,10). The summed E-state index contributed by atoms with van der Waals surface area (Å²) < 4.78 is 0. The van der Waals surface area contributed by atoms with Crippen LogP contribution in [-0.4, -0.2) is 23.6 Å². The molecule has 1 heterocycles. The van der Waals surface area contributed by atoms with Gasteiger partial charge in [-0.05, 0) is 7.05 Å². The van der Waals surface area contributed by atoms with E-state index < -0.39 is 0 Å². The Hall–Kier alpha value is -0.870. The predicted octanol–water partition coefficient (Wildman–Crippen LogP) is -0.371. The zero-order valence-electron chi connectivity index (χ0n) is 5.96. The smallest absolute Gasteiger partial charge is 0.124 e. The van der Waals surface area contributed by atoms with Gasteiger partial charge in [0.15, 0.2) is 0 Å². The molecule has 10 heavy (non-hydrogen) atoms. The van der Waals surface area contributed by atoms with Crippen LogP contribution in [0.5, 0.6) is 0 Å². The van der Waals surface area contributed by atoms with Crippen molar-refractivity contribution in [3.8, 4) is 0 Å². The quantitative estimate of drug-likeness (QED) is 0.536. The second kappa shape index (κ2) is 3.34. The molecule has 0 aliphatic heterocycles. The maximum absolute atomic E-state index is 5.69. The molecule has 4 N–H and O–H groups in total. The topological polar surface area (TPSA) is 66.7 Å². The third kappa shape index (κ3) is 1.55. The van der Waals surface area contributed by atoms with E-state index in [2.05, 4.69) is 15.3 Å². The molecule has 0 aliphatic carbocycles. The number of hydrogen-bond acceptors (Lipinski definition) is 3. The van der Waals surface area contributed by atoms with Crippen molar-refractivity contribution in [3.05, 3.63) is 18.2 Å². The second-order valence-electron chi connectivity index (χ2n) is 2.14. The van der Waals surface area contributed by atoms with Crippen LogP contribution >= 0.6 is 0 Å². The first kappa shape index (κ1) is 7.24. The molecule has 1 atom stereocenters. The molecule has 0 spiro atoms. The number of rotatable bonds is 3. The number of likely N-dealkylation sites (N-methyl/N-ethyl adjacent to an activating group) is 1. The predicted molar refractivity (Wildman–Crippen MR) is 39.4 cm³/mol. The van der Waals surface area contributed by atoms with Crippen molar-refractivity contribution in [1.29, 1.82) is 0 Å². The van der Waals surface area contributed by atoms with Crippen molar-refractivity contribution in [2.75, 3.05) is 13.6 Å². The molecule has 1 aromatic rings. The molecule has 0 saturated carbocycles. The fraction of sp³-hybridized carbons (Fsp3) is 0.500. The van der Waals surface area contributed by atoms with Crippen LogP contribution in [-0.2, 0) is 0 Å². The number of nitrogens with two attached hydrogens (primary N) is 1. The number of nitrogens with zero attached hydrogens (tertiary/aromatic N) is 1. The third-order valence-corrected chi connectivity index (χ3v) is 1.29. The van der Waals surface area contributed by atoms with E-state index in [0.717, 1.165) is 12.4 Å². The monoisotopic (exact) mass is 140 g/mol. The van der Waals surface area contributed by atoms with Gasteiger partial charge in [-0.15, -0.1) is 0 Å². The highest BCUT2D eigenvalue weighted by Crippen LogP contribution is 1.99. The van der Waals surface area contributed by atoms with Gasteiger partial charge in [0.25, 0.3) is 0 Å². The van der Waals surface area contributed by atoms with Crippen molar-refractivity contribution in [2.45, 2.75) is 6.04 Å². The zero-order chi connectivity index (χ0) is 7.40. The van der Waals surface area contributed by atoms with Gasteiger partial charge >= 0.3 is 0 Å². The van der Waals surface area contributed by atoms with Crippen LogP contribution in [0.25, 0.3) is 0 Å². The Labute approximate surface area is 59.8 Å². The van der Waals surface area contributed by atoms with Crippen LogP contribution in [0.3, 0.4) is 0 Å². The highest BCUT2D eigenvalue weighted by Gasteiger charge is 2.04. The van der Waals surface area contributed by atoms with Gasteiger partial charge in [0, 0.05) is 18.9 Å². The van der Waals surface area contributed by atoms with E-state index >= 15 is 0 Å². The lowest BCUT2D eigenvalue weighted by molar-refractivity contribution is 0.624. The molecule has 4 nitrogen and oxygen atoms in total. The summed E-state index contributed by atoms with van der Waals surface area (Å²) in [7, 11) is 1.86. The fourth-order valence-electron chi connectivity index (χ4n) is 0.797. The molecule has 56 valence electrons. The number of aromatic nitrogens is 2. The molecular formula is C6H12N4. The molecular weight excluding hydrogens is 128 g/mol. The van der Waals surface area contributed by atoms with Gasteiger partial charge in [-0.1, -0.05) is 0 Å². The van der Waals surface area contributed by atoms with Crippen LogP contribution in [0.1, 0.15) is 11.9 Å². The molecule has 0 aliphatic rings. The Morgan fingerprint density at radius 2 is 2.70 bits per heavy atom. The second-order valence-corrected chi connectivity index (χ2v) is 2.14. The van der Waals surface area contributed by atoms with Crippen LogP contribution in [0.2, 0.25) is 0 Å². The average molecular weight is 140 g/mol. The third-order valence-electron chi connectivity index (χ3n) is 1.29. The first-order valence-electron chi connectivity index (χ1n) is 3.24. The van der Waals surface area contributed by atoms with Crippen molar-refractivity contribution < 1.29 is 0 Å². The number of imidazole rings is 1. The van der Waals surface area contributed by atoms with E-state index in [9.17, 15) is 0 Å². The van der Waals surface area contributed by atoms with E-state index in [1.54, 1.807) is 12.4 Å². The van der Waals surface area contributed by atoms with Crippen molar-refractivity contribution in [2.24, 2.45) is 5.73 Å². The van der Waals surface area contributed by atoms with Crippen LogP contribution < -0.4 is 11.1 Å². The number of hydrogen-bond donors (Lipinski definition) is 3. The first-order chi connectivity index (χ1) is 4.84. The SMILES string of the molecule is CNCC(N)c1ncc[nH]1. The van der Waals surface area contributed by atoms with Gasteiger partial charge in [0.1, 0.15) is 5.82 Å². The normalized spacial score (nSPS) is 13.4. The summed E-state index contributed by atoms with van der Waals surface area (Å²) in [6, 6.07) is -0.0278. The number of nitrogens with one attached hydrogen (secondary N) is 2. The van der Waals surface area contributed by atoms with E-state index in [4.69, 9.17) is 5.73 Å². The van der Waals surface area contributed by atoms with Crippen LogP contribution in [0, 0.1) is 0 Å². The molecule has 0 amide bonds. The molecule has 0 radical (unpaired) electrons. The van der Waals surface area contributed by atoms with E-state index in [1.165, 1.54) is 0 Å². The molecule has 0 aromatic carbocycles. The molecule has 0 bridgehead atoms. The Morgan fingerprint density at radius 3 is 3.20 bits per heavy atom. The minimum atomic E-state index is -0.0278. The lowest BCUT2D eigenvalue weighted by Gasteiger charge is -2.05. The largest absolute Gasteiger partial charge is 0.347 e. The number of aromatic amines is 1. The van der Waals surface area contributed by atoms with Gasteiger partial charge < -0.3 is 16.0 Å². The summed E-state index contributed by atoms with van der Waals surface area (Å²) in [6.45, 7) is 0.744. The van der Waals surface area contributed by atoms with Crippen molar-refractivity contribution in [1.82, 2.24) is 15.3 Å². The van der Waals surface area contributed by atoms with Crippen LogP contribution in [0.4, 0.5) is 0 Å². The lowest BCUT2D eigenvalue weighted by Crippen LogP contribution is -2.24. The van der Waals surface area contributed by atoms with E-state index in [1.807, 2.05) is 7.05 Å². The Kier molecular flexibility index (Phi) is 2.42. The molecule has 0 saturated heterocycles. The lowest BCUT2D eigenvalue weighted by atomic mass is 10.3. The zero-order valence-corrected chi connectivity index (χ0v) is 5.96. The van der Waals surface area contributed by atoms with Crippen molar-refractivity contribution in [3.63, 3.8) is 0 Å². The van der Waals surface area contributed by atoms with Crippen molar-refractivity contribution >= 4 is 0 Å². The molecule has 1 unspecified atom stereocenters. The Bertz CT molecular complexity index is 170. The highest BCUT2D eigenvalue weighted by atomic mass is 15.0. The van der Waals surface area contributed by atoms with Gasteiger partial charge in [-0.3, -0.25) is 0 Å². The number of H-pyrrole nitrogens is 1. The van der Waals surface area contributed by atoms with E-state index in [-0.39, 0.29) is 6.04 Å². The summed E-state index contributed by atoms with van der Waals surface area (Å²) in [5, 5.41) is 2.97. The van der Waals surface area contributed by atoms with Gasteiger partial charge in [0.05, 0.1) is 6.04 Å². The molecule has 4 heteroatoms. The van der Waals surface area contributed by atoms with Crippen LogP contribution in [0.15, 0.2) is 12.4 Å². The minimum absolute atomic E-state index is 0.0278. The molecule has 1 aromatic heterocycles. The summed E-state index contributed by atoms with van der Waals surface area (Å²) in [5.74, 6) is 0.828. The first-order valence-corrected chi connectivity index (χ1v) is 3.24. The summed E-state index contributed by atoms with van der Waals surface area (Å²) in [5.41, 5.74) is 5.69. The fourth-order valence-corrected chi connectivity index (χ4v) is 0.797. The van der Waals surface area contributed by atoms with Gasteiger partial charge in [-0.25, -0.2) is 4.98 Å².